The molecule has 1 aromatic carbocycles. The van der Waals surface area contributed by atoms with E-state index in [2.05, 4.69) is 5.32 Å². The monoisotopic (exact) mass is 357 g/mol. The van der Waals surface area contributed by atoms with E-state index in [0.29, 0.717) is 18.9 Å². The number of nitrogens with one attached hydrogen (secondary N) is 1. The third-order valence-electron chi connectivity index (χ3n) is 3.82. The molecule has 1 aromatic rings. The van der Waals surface area contributed by atoms with Crippen molar-refractivity contribution in [3.63, 3.8) is 0 Å². The topological polar surface area (TPSA) is 111 Å². The molecule has 9 heteroatoms. The largest absolute Gasteiger partial charge is 0.495 e. The number of carbonyl (C=O) groups excluding carboxylic acids is 1. The maximum atomic E-state index is 12.9. The van der Waals surface area contributed by atoms with Crippen molar-refractivity contribution < 1.29 is 22.7 Å². The zero-order valence-electron chi connectivity index (χ0n) is 13.8. The van der Waals surface area contributed by atoms with Gasteiger partial charge in [0, 0.05) is 31.2 Å². The lowest BCUT2D eigenvalue weighted by atomic mass is 10.1. The molecule has 1 heterocycles. The Morgan fingerprint density at radius 3 is 2.67 bits per heavy atom. The summed E-state index contributed by atoms with van der Waals surface area (Å²) >= 11 is 0. The van der Waals surface area contributed by atoms with Gasteiger partial charge in [-0.3, -0.25) is 4.79 Å². The summed E-state index contributed by atoms with van der Waals surface area (Å²) in [6, 6.07) is 4.53. The Morgan fingerprint density at radius 1 is 1.42 bits per heavy atom. The van der Waals surface area contributed by atoms with Gasteiger partial charge in [-0.25, -0.2) is 8.42 Å². The summed E-state index contributed by atoms with van der Waals surface area (Å²) in [5.74, 6) is -0.407. The van der Waals surface area contributed by atoms with Gasteiger partial charge >= 0.3 is 0 Å². The smallest absolute Gasteiger partial charge is 0.246 e. The predicted octanol–water partition coefficient (Wildman–Crippen LogP) is 0.249. The van der Waals surface area contributed by atoms with Crippen molar-refractivity contribution in [3.05, 3.63) is 18.2 Å². The molecule has 1 saturated heterocycles. The zero-order valence-corrected chi connectivity index (χ0v) is 14.6. The Labute approximate surface area is 142 Å². The first-order chi connectivity index (χ1) is 11.4. The Hall–Kier alpha value is -1.68. The lowest BCUT2D eigenvalue weighted by Crippen LogP contribution is -2.40. The number of hydrogen-bond acceptors (Lipinski definition) is 6. The maximum Gasteiger partial charge on any atom is 0.246 e. The van der Waals surface area contributed by atoms with Crippen LogP contribution in [0.2, 0.25) is 0 Å². The van der Waals surface area contributed by atoms with Gasteiger partial charge < -0.3 is 20.5 Å². The highest BCUT2D eigenvalue weighted by Crippen LogP contribution is 2.30. The fraction of sp³-hybridized carbons (Fsp3) is 0.533. The third kappa shape index (κ3) is 4.04. The molecule has 1 unspecified atom stereocenters. The predicted molar refractivity (Wildman–Crippen MR) is 89.4 cm³/mol. The number of benzene rings is 1. The minimum absolute atomic E-state index is 0.0186. The van der Waals surface area contributed by atoms with E-state index in [1.807, 2.05) is 0 Å². The Balaban J connectivity index is 2.33. The van der Waals surface area contributed by atoms with Crippen LogP contribution < -0.4 is 15.8 Å². The molecule has 3 N–H and O–H groups in total. The highest BCUT2D eigenvalue weighted by molar-refractivity contribution is 7.89. The maximum absolute atomic E-state index is 12.9. The van der Waals surface area contributed by atoms with Crippen LogP contribution in [0.4, 0.5) is 5.69 Å². The van der Waals surface area contributed by atoms with E-state index in [0.717, 1.165) is 0 Å². The third-order valence-corrected chi connectivity index (χ3v) is 5.74. The molecule has 0 spiro atoms. The van der Waals surface area contributed by atoms with Gasteiger partial charge in [-0.15, -0.1) is 0 Å². The van der Waals surface area contributed by atoms with Crippen LogP contribution in [0.15, 0.2) is 23.1 Å². The van der Waals surface area contributed by atoms with Gasteiger partial charge in [-0.05, 0) is 18.2 Å². The lowest BCUT2D eigenvalue weighted by Gasteiger charge is -2.27. The molecule has 24 heavy (non-hydrogen) atoms. The van der Waals surface area contributed by atoms with Crippen LogP contribution in [0.3, 0.4) is 0 Å². The van der Waals surface area contributed by atoms with Crippen molar-refractivity contribution >= 4 is 21.6 Å². The molecule has 2 rings (SSSR count). The molecule has 0 aromatic heterocycles. The second-order valence-corrected chi connectivity index (χ2v) is 7.41. The molecule has 0 aliphatic carbocycles. The summed E-state index contributed by atoms with van der Waals surface area (Å²) in [7, 11) is -2.33. The summed E-state index contributed by atoms with van der Waals surface area (Å²) in [6.45, 7) is 3.18. The number of morpholine rings is 1. The quantitative estimate of drug-likeness (QED) is 0.755. The first-order valence-corrected chi connectivity index (χ1v) is 9.11. The molecule has 0 radical (unpaired) electrons. The van der Waals surface area contributed by atoms with Crippen LogP contribution in [0.25, 0.3) is 0 Å². The van der Waals surface area contributed by atoms with Gasteiger partial charge in [0.15, 0.2) is 0 Å². The molecule has 1 aliphatic heterocycles. The number of methoxy groups -OCH3 is 1. The summed E-state index contributed by atoms with van der Waals surface area (Å²) in [5, 5.41) is 2.68. The Morgan fingerprint density at radius 2 is 2.08 bits per heavy atom. The highest BCUT2D eigenvalue weighted by atomic mass is 32.2. The average molecular weight is 357 g/mol. The molecule has 1 amide bonds. The second kappa shape index (κ2) is 7.93. The van der Waals surface area contributed by atoms with E-state index >= 15 is 0 Å². The van der Waals surface area contributed by atoms with Crippen LogP contribution in [0.1, 0.15) is 6.92 Å². The van der Waals surface area contributed by atoms with Crippen molar-refractivity contribution in [2.24, 2.45) is 11.7 Å². The van der Waals surface area contributed by atoms with Crippen molar-refractivity contribution in [1.82, 2.24) is 4.31 Å². The van der Waals surface area contributed by atoms with Crippen molar-refractivity contribution in [2.75, 3.05) is 45.3 Å². The van der Waals surface area contributed by atoms with Crippen LogP contribution in [-0.4, -0.2) is 58.6 Å². The average Bonchev–Trinajstić information content (AvgIpc) is 2.61. The van der Waals surface area contributed by atoms with Crippen LogP contribution in [0.5, 0.6) is 5.75 Å². The van der Waals surface area contributed by atoms with Crippen LogP contribution in [0, 0.1) is 5.92 Å². The molecular weight excluding hydrogens is 334 g/mol. The highest BCUT2D eigenvalue weighted by Gasteiger charge is 2.29. The number of nitrogens with two attached hydrogens (primary N) is 1. The minimum atomic E-state index is -3.74. The minimum Gasteiger partial charge on any atom is -0.495 e. The summed E-state index contributed by atoms with van der Waals surface area (Å²) in [5.41, 5.74) is 5.86. The number of sulfonamides is 1. The van der Waals surface area contributed by atoms with Gasteiger partial charge in [-0.2, -0.15) is 4.31 Å². The first-order valence-electron chi connectivity index (χ1n) is 7.67. The van der Waals surface area contributed by atoms with E-state index in [-0.39, 0.29) is 42.1 Å². The number of nitrogens with zero attached hydrogens (tertiary/aromatic N) is 1. The van der Waals surface area contributed by atoms with E-state index in [9.17, 15) is 13.2 Å². The van der Waals surface area contributed by atoms with Gasteiger partial charge in [-0.1, -0.05) is 6.92 Å². The summed E-state index contributed by atoms with van der Waals surface area (Å²) in [6.07, 6.45) is 0. The number of ether oxygens (including phenoxy) is 2. The van der Waals surface area contributed by atoms with E-state index in [1.165, 1.54) is 23.5 Å². The Kier molecular flexibility index (Phi) is 6.16. The van der Waals surface area contributed by atoms with E-state index in [1.54, 1.807) is 13.0 Å². The fourth-order valence-corrected chi connectivity index (χ4v) is 3.84. The SMILES string of the molecule is COc1ccc(NC(=O)C(C)CN)cc1S(=O)(=O)N1CCOCC1. The fourth-order valence-electron chi connectivity index (χ4n) is 2.25. The van der Waals surface area contributed by atoms with E-state index < -0.39 is 10.0 Å². The van der Waals surface area contributed by atoms with Gasteiger partial charge in [0.2, 0.25) is 15.9 Å². The van der Waals surface area contributed by atoms with Crippen LogP contribution >= 0.6 is 0 Å². The standard InChI is InChI=1S/C15H23N3O5S/c1-11(10-16)15(19)17-12-3-4-13(22-2)14(9-12)24(20,21)18-5-7-23-8-6-18/h3-4,9,11H,5-8,10,16H2,1-2H3,(H,17,19). The number of anilines is 1. The van der Waals surface area contributed by atoms with E-state index in [4.69, 9.17) is 15.2 Å². The molecule has 134 valence electrons. The molecule has 0 saturated carbocycles. The van der Waals surface area contributed by atoms with Crippen molar-refractivity contribution in [1.29, 1.82) is 0 Å². The number of amides is 1. The van der Waals surface area contributed by atoms with Gasteiger partial charge in [0.05, 0.1) is 20.3 Å². The van der Waals surface area contributed by atoms with Gasteiger partial charge in [0.25, 0.3) is 0 Å². The van der Waals surface area contributed by atoms with Crippen molar-refractivity contribution in [2.45, 2.75) is 11.8 Å². The second-order valence-electron chi connectivity index (χ2n) is 5.51. The van der Waals surface area contributed by atoms with Gasteiger partial charge in [0.1, 0.15) is 10.6 Å². The first kappa shape index (κ1) is 18.7. The lowest BCUT2D eigenvalue weighted by molar-refractivity contribution is -0.119. The molecule has 1 atom stereocenters. The number of hydrogen-bond donors (Lipinski definition) is 2. The number of carbonyl (C=O) groups is 1. The normalized spacial score (nSPS) is 17.3. The molecule has 1 fully saturated rings. The summed E-state index contributed by atoms with van der Waals surface area (Å²) in [4.78, 5) is 12.0. The molecule has 0 bridgehead atoms. The molecular formula is C15H23N3O5S. The molecule has 8 nitrogen and oxygen atoms in total. The zero-order chi connectivity index (χ0) is 17.7. The van der Waals surface area contributed by atoms with Crippen LogP contribution in [-0.2, 0) is 19.6 Å². The number of rotatable bonds is 6. The molecule has 1 aliphatic rings. The Bertz CT molecular complexity index is 686. The summed E-state index contributed by atoms with van der Waals surface area (Å²) < 4.78 is 37.4. The van der Waals surface area contributed by atoms with Crippen molar-refractivity contribution in [3.8, 4) is 5.75 Å².